The topological polar surface area (TPSA) is 42.0 Å². The number of ether oxygens (including phenoxy) is 2. The Morgan fingerprint density at radius 2 is 1.96 bits per heavy atom. The van der Waals surface area contributed by atoms with E-state index in [1.807, 2.05) is 30.3 Å². The smallest absolute Gasteiger partial charge is 0.266 e. The number of rotatable bonds is 6. The SMILES string of the molecule is COc1ccc(/C=C2\SC(=S)N(CCCN3CCOCC3)C2=O)cc1. The first-order valence-corrected chi connectivity index (χ1v) is 9.59. The van der Waals surface area contributed by atoms with Crippen LogP contribution in [0.2, 0.25) is 0 Å². The molecule has 2 aliphatic heterocycles. The minimum atomic E-state index is 0.00722. The molecule has 1 amide bonds. The van der Waals surface area contributed by atoms with Crippen molar-refractivity contribution in [2.24, 2.45) is 0 Å². The highest BCUT2D eigenvalue weighted by Crippen LogP contribution is 2.32. The van der Waals surface area contributed by atoms with Crippen molar-refractivity contribution in [2.45, 2.75) is 6.42 Å². The number of carbonyl (C=O) groups is 1. The molecule has 1 aromatic carbocycles. The van der Waals surface area contributed by atoms with E-state index in [0.29, 0.717) is 15.8 Å². The first kappa shape index (κ1) is 18.4. The summed E-state index contributed by atoms with van der Waals surface area (Å²) in [5, 5.41) is 0. The molecule has 0 N–H and O–H groups in total. The van der Waals surface area contributed by atoms with Gasteiger partial charge in [-0.05, 0) is 30.2 Å². The first-order valence-electron chi connectivity index (χ1n) is 8.37. The zero-order valence-electron chi connectivity index (χ0n) is 14.3. The van der Waals surface area contributed by atoms with E-state index in [9.17, 15) is 4.79 Å². The normalized spacial score (nSPS) is 20.5. The predicted molar refractivity (Wildman–Crippen MR) is 105 cm³/mol. The van der Waals surface area contributed by atoms with E-state index < -0.39 is 0 Å². The molecule has 0 atom stereocenters. The van der Waals surface area contributed by atoms with Crippen molar-refractivity contribution in [1.82, 2.24) is 9.80 Å². The lowest BCUT2D eigenvalue weighted by Gasteiger charge is -2.27. The summed E-state index contributed by atoms with van der Waals surface area (Å²) in [5.74, 6) is 0.806. The molecule has 0 saturated carbocycles. The molecule has 0 bridgehead atoms. The molecule has 7 heteroatoms. The van der Waals surface area contributed by atoms with Crippen LogP contribution in [0.5, 0.6) is 5.75 Å². The lowest BCUT2D eigenvalue weighted by atomic mass is 10.2. The number of morpholine rings is 1. The zero-order chi connectivity index (χ0) is 17.6. The third-order valence-electron chi connectivity index (χ3n) is 4.25. The van der Waals surface area contributed by atoms with Crippen LogP contribution in [-0.4, -0.2) is 66.5 Å². The summed E-state index contributed by atoms with van der Waals surface area (Å²) in [6.07, 6.45) is 2.81. The predicted octanol–water partition coefficient (Wildman–Crippen LogP) is 2.62. The maximum Gasteiger partial charge on any atom is 0.266 e. The Morgan fingerprint density at radius 1 is 1.24 bits per heavy atom. The maximum atomic E-state index is 12.6. The number of hydrogen-bond acceptors (Lipinski definition) is 6. The lowest BCUT2D eigenvalue weighted by molar-refractivity contribution is -0.122. The number of thiocarbonyl (C=S) groups is 1. The summed E-state index contributed by atoms with van der Waals surface area (Å²) >= 11 is 6.77. The number of thioether (sulfide) groups is 1. The van der Waals surface area contributed by atoms with Gasteiger partial charge in [0.05, 0.1) is 25.2 Å². The van der Waals surface area contributed by atoms with E-state index in [-0.39, 0.29) is 5.91 Å². The van der Waals surface area contributed by atoms with Gasteiger partial charge in [-0.2, -0.15) is 0 Å². The monoisotopic (exact) mass is 378 g/mol. The third-order valence-corrected chi connectivity index (χ3v) is 5.62. The zero-order valence-corrected chi connectivity index (χ0v) is 15.9. The third kappa shape index (κ3) is 4.82. The average Bonchev–Trinajstić information content (AvgIpc) is 2.90. The summed E-state index contributed by atoms with van der Waals surface area (Å²) in [7, 11) is 1.64. The van der Waals surface area contributed by atoms with Gasteiger partial charge in [0.25, 0.3) is 5.91 Å². The Kier molecular flexibility index (Phi) is 6.47. The Labute approximate surface area is 157 Å². The van der Waals surface area contributed by atoms with Crippen molar-refractivity contribution in [1.29, 1.82) is 0 Å². The molecule has 2 heterocycles. The van der Waals surface area contributed by atoms with Gasteiger partial charge in [-0.3, -0.25) is 14.6 Å². The van der Waals surface area contributed by atoms with Crippen LogP contribution in [0.3, 0.4) is 0 Å². The van der Waals surface area contributed by atoms with E-state index in [2.05, 4.69) is 4.90 Å². The minimum Gasteiger partial charge on any atom is -0.497 e. The second kappa shape index (κ2) is 8.80. The minimum absolute atomic E-state index is 0.00722. The quantitative estimate of drug-likeness (QED) is 0.560. The molecule has 1 aromatic rings. The summed E-state index contributed by atoms with van der Waals surface area (Å²) in [4.78, 5) is 17.4. The van der Waals surface area contributed by atoms with Gasteiger partial charge in [-0.15, -0.1) is 0 Å². The van der Waals surface area contributed by atoms with Crippen LogP contribution >= 0.6 is 24.0 Å². The second-order valence-corrected chi connectivity index (χ2v) is 7.59. The molecule has 2 fully saturated rings. The maximum absolute atomic E-state index is 12.6. The highest BCUT2D eigenvalue weighted by molar-refractivity contribution is 8.26. The van der Waals surface area contributed by atoms with Crippen LogP contribution < -0.4 is 4.74 Å². The van der Waals surface area contributed by atoms with Crippen molar-refractivity contribution in [3.05, 3.63) is 34.7 Å². The van der Waals surface area contributed by atoms with E-state index in [1.165, 1.54) is 11.8 Å². The molecule has 0 radical (unpaired) electrons. The molecule has 3 rings (SSSR count). The molecular weight excluding hydrogens is 356 g/mol. The fourth-order valence-electron chi connectivity index (χ4n) is 2.82. The highest BCUT2D eigenvalue weighted by atomic mass is 32.2. The van der Waals surface area contributed by atoms with Gasteiger partial charge in [-0.25, -0.2) is 0 Å². The Bertz CT molecular complexity index is 655. The van der Waals surface area contributed by atoms with Crippen molar-refractivity contribution >= 4 is 40.3 Å². The molecule has 2 saturated heterocycles. The van der Waals surface area contributed by atoms with Crippen molar-refractivity contribution < 1.29 is 14.3 Å². The standard InChI is InChI=1S/C18H22N2O3S2/c1-22-15-5-3-14(4-6-15)13-16-17(21)20(18(24)25-16)8-2-7-19-9-11-23-12-10-19/h3-6,13H,2,7-12H2,1H3/b16-13-. The molecule has 0 spiro atoms. The van der Waals surface area contributed by atoms with Gasteiger partial charge < -0.3 is 9.47 Å². The van der Waals surface area contributed by atoms with Crippen LogP contribution in [-0.2, 0) is 9.53 Å². The summed E-state index contributed by atoms with van der Waals surface area (Å²) in [5.41, 5.74) is 0.967. The van der Waals surface area contributed by atoms with Gasteiger partial charge in [0.1, 0.15) is 10.1 Å². The Hall–Kier alpha value is -1.41. The van der Waals surface area contributed by atoms with Crippen LogP contribution in [0.15, 0.2) is 29.2 Å². The van der Waals surface area contributed by atoms with Crippen LogP contribution in [0, 0.1) is 0 Å². The molecule has 0 aliphatic carbocycles. The highest BCUT2D eigenvalue weighted by Gasteiger charge is 2.31. The molecule has 5 nitrogen and oxygen atoms in total. The molecule has 0 aromatic heterocycles. The molecule has 25 heavy (non-hydrogen) atoms. The molecule has 0 unspecified atom stereocenters. The van der Waals surface area contributed by atoms with E-state index in [4.69, 9.17) is 21.7 Å². The molecular formula is C18H22N2O3S2. The summed E-state index contributed by atoms with van der Waals surface area (Å²) in [6.45, 7) is 5.17. The van der Waals surface area contributed by atoms with Crippen LogP contribution in [0.4, 0.5) is 0 Å². The van der Waals surface area contributed by atoms with Gasteiger partial charge >= 0.3 is 0 Å². The number of benzene rings is 1. The van der Waals surface area contributed by atoms with Crippen molar-refractivity contribution in [3.63, 3.8) is 0 Å². The van der Waals surface area contributed by atoms with Crippen LogP contribution in [0.1, 0.15) is 12.0 Å². The second-order valence-electron chi connectivity index (χ2n) is 5.91. The van der Waals surface area contributed by atoms with E-state index in [0.717, 1.165) is 50.6 Å². The number of carbonyl (C=O) groups excluding carboxylic acids is 1. The fraction of sp³-hybridized carbons (Fsp3) is 0.444. The first-order chi connectivity index (χ1) is 12.2. The summed E-state index contributed by atoms with van der Waals surface area (Å²) < 4.78 is 11.2. The average molecular weight is 379 g/mol. The molecule has 134 valence electrons. The Balaban J connectivity index is 1.56. The van der Waals surface area contributed by atoms with Gasteiger partial charge in [0.15, 0.2) is 0 Å². The number of amides is 1. The summed E-state index contributed by atoms with van der Waals surface area (Å²) in [6, 6.07) is 7.64. The van der Waals surface area contributed by atoms with Gasteiger partial charge in [0.2, 0.25) is 0 Å². The fourth-order valence-corrected chi connectivity index (χ4v) is 4.13. The van der Waals surface area contributed by atoms with Crippen molar-refractivity contribution in [3.8, 4) is 5.75 Å². The van der Waals surface area contributed by atoms with Crippen molar-refractivity contribution in [2.75, 3.05) is 46.5 Å². The lowest BCUT2D eigenvalue weighted by Crippen LogP contribution is -2.38. The number of hydrogen-bond donors (Lipinski definition) is 0. The number of methoxy groups -OCH3 is 1. The van der Waals surface area contributed by atoms with Crippen LogP contribution in [0.25, 0.3) is 6.08 Å². The van der Waals surface area contributed by atoms with Gasteiger partial charge in [0, 0.05) is 26.2 Å². The van der Waals surface area contributed by atoms with Gasteiger partial charge in [-0.1, -0.05) is 36.1 Å². The largest absolute Gasteiger partial charge is 0.497 e. The Morgan fingerprint density at radius 3 is 2.64 bits per heavy atom. The number of nitrogens with zero attached hydrogens (tertiary/aromatic N) is 2. The van der Waals surface area contributed by atoms with E-state index in [1.54, 1.807) is 12.0 Å². The van der Waals surface area contributed by atoms with E-state index >= 15 is 0 Å². The molecule has 2 aliphatic rings.